The normalized spacial score (nSPS) is 24.1. The van der Waals surface area contributed by atoms with Gasteiger partial charge in [-0.1, -0.05) is 19.0 Å². The fraction of sp³-hybridized carbons (Fsp3) is 0.588. The SMILES string of the molecule is CC(C)c1noc(CN2CC3CN(c4ncccc4F)CC3C2)n1. The van der Waals surface area contributed by atoms with Crippen LogP contribution in [0.2, 0.25) is 0 Å². The lowest BCUT2D eigenvalue weighted by molar-refractivity contribution is 0.254. The number of pyridine rings is 1. The number of hydrogen-bond acceptors (Lipinski definition) is 6. The van der Waals surface area contributed by atoms with Crippen molar-refractivity contribution in [3.8, 4) is 0 Å². The Morgan fingerprint density at radius 2 is 2.00 bits per heavy atom. The van der Waals surface area contributed by atoms with Gasteiger partial charge in [-0.05, 0) is 24.0 Å². The molecule has 4 rings (SSSR count). The van der Waals surface area contributed by atoms with Gasteiger partial charge in [-0.25, -0.2) is 9.37 Å². The monoisotopic (exact) mass is 331 g/mol. The number of anilines is 1. The van der Waals surface area contributed by atoms with Gasteiger partial charge < -0.3 is 9.42 Å². The van der Waals surface area contributed by atoms with Crippen LogP contribution in [0.5, 0.6) is 0 Å². The smallest absolute Gasteiger partial charge is 0.240 e. The minimum absolute atomic E-state index is 0.235. The lowest BCUT2D eigenvalue weighted by atomic mass is 10.0. The van der Waals surface area contributed by atoms with Gasteiger partial charge >= 0.3 is 0 Å². The number of aromatic nitrogens is 3. The molecule has 7 heteroatoms. The van der Waals surface area contributed by atoms with Crippen molar-refractivity contribution in [2.75, 3.05) is 31.1 Å². The number of rotatable bonds is 4. The van der Waals surface area contributed by atoms with Crippen LogP contribution in [0.4, 0.5) is 10.2 Å². The van der Waals surface area contributed by atoms with Crippen molar-refractivity contribution >= 4 is 5.82 Å². The maximum Gasteiger partial charge on any atom is 0.240 e. The van der Waals surface area contributed by atoms with E-state index in [1.165, 1.54) is 6.07 Å². The maximum atomic E-state index is 13.9. The summed E-state index contributed by atoms with van der Waals surface area (Å²) in [5, 5.41) is 4.02. The first kappa shape index (κ1) is 15.5. The van der Waals surface area contributed by atoms with E-state index in [-0.39, 0.29) is 11.7 Å². The summed E-state index contributed by atoms with van der Waals surface area (Å²) in [6.07, 6.45) is 1.65. The summed E-state index contributed by atoms with van der Waals surface area (Å²) in [7, 11) is 0. The highest BCUT2D eigenvalue weighted by Crippen LogP contribution is 2.34. The van der Waals surface area contributed by atoms with E-state index in [1.54, 1.807) is 12.3 Å². The third-order valence-electron chi connectivity index (χ3n) is 4.96. The fourth-order valence-electron chi connectivity index (χ4n) is 3.76. The second-order valence-electron chi connectivity index (χ2n) is 7.13. The molecule has 2 atom stereocenters. The molecule has 0 radical (unpaired) electrons. The minimum Gasteiger partial charge on any atom is -0.354 e. The van der Waals surface area contributed by atoms with Gasteiger partial charge in [-0.3, -0.25) is 4.90 Å². The second kappa shape index (κ2) is 6.12. The van der Waals surface area contributed by atoms with Gasteiger partial charge in [0, 0.05) is 38.3 Å². The van der Waals surface area contributed by atoms with Crippen molar-refractivity contribution in [1.82, 2.24) is 20.0 Å². The van der Waals surface area contributed by atoms with Crippen LogP contribution >= 0.6 is 0 Å². The molecule has 2 unspecified atom stereocenters. The largest absolute Gasteiger partial charge is 0.354 e. The number of halogens is 1. The summed E-state index contributed by atoms with van der Waals surface area (Å²) in [6, 6.07) is 3.11. The van der Waals surface area contributed by atoms with Crippen LogP contribution in [0.1, 0.15) is 31.5 Å². The zero-order valence-electron chi connectivity index (χ0n) is 14.0. The van der Waals surface area contributed by atoms with Crippen LogP contribution in [-0.4, -0.2) is 46.2 Å². The molecule has 2 aromatic rings. The molecule has 0 spiro atoms. The Labute approximate surface area is 140 Å². The summed E-state index contributed by atoms with van der Waals surface area (Å²) in [5.41, 5.74) is 0. The molecule has 0 saturated carbocycles. The number of fused-ring (bicyclic) bond motifs is 1. The molecule has 2 aromatic heterocycles. The standard InChI is InChI=1S/C17H22FN5O/c1-11(2)16-20-15(24-21-16)10-22-6-12-8-23(9-13(12)7-22)17-14(18)4-3-5-19-17/h3-5,11-13H,6-10H2,1-2H3. The zero-order valence-corrected chi connectivity index (χ0v) is 14.0. The predicted molar refractivity (Wildman–Crippen MR) is 87.1 cm³/mol. The molecule has 2 aliphatic heterocycles. The summed E-state index contributed by atoms with van der Waals surface area (Å²) >= 11 is 0. The van der Waals surface area contributed by atoms with Gasteiger partial charge in [-0.2, -0.15) is 4.98 Å². The van der Waals surface area contributed by atoms with Crippen LogP contribution in [0.3, 0.4) is 0 Å². The molecule has 6 nitrogen and oxygen atoms in total. The minimum atomic E-state index is -0.235. The van der Waals surface area contributed by atoms with Gasteiger partial charge in [0.25, 0.3) is 0 Å². The molecule has 0 aliphatic carbocycles. The van der Waals surface area contributed by atoms with Crippen molar-refractivity contribution in [2.24, 2.45) is 11.8 Å². The highest BCUT2D eigenvalue weighted by molar-refractivity contribution is 5.41. The third kappa shape index (κ3) is 2.88. The Hall–Kier alpha value is -2.02. The summed E-state index contributed by atoms with van der Waals surface area (Å²) in [5.74, 6) is 3.06. The van der Waals surface area contributed by atoms with E-state index < -0.39 is 0 Å². The van der Waals surface area contributed by atoms with Crippen molar-refractivity contribution in [1.29, 1.82) is 0 Å². The molecule has 2 fully saturated rings. The summed E-state index contributed by atoms with van der Waals surface area (Å²) in [6.45, 7) is 8.49. The predicted octanol–water partition coefficient (Wildman–Crippen LogP) is 2.30. The van der Waals surface area contributed by atoms with Crippen molar-refractivity contribution in [3.05, 3.63) is 35.9 Å². The molecule has 2 saturated heterocycles. The quantitative estimate of drug-likeness (QED) is 0.857. The van der Waals surface area contributed by atoms with Gasteiger partial charge in [0.05, 0.1) is 6.54 Å². The van der Waals surface area contributed by atoms with Crippen LogP contribution in [-0.2, 0) is 6.54 Å². The molecule has 0 aromatic carbocycles. The molecular weight excluding hydrogens is 309 g/mol. The molecule has 0 bridgehead atoms. The highest BCUT2D eigenvalue weighted by Gasteiger charge is 2.41. The average molecular weight is 331 g/mol. The highest BCUT2D eigenvalue weighted by atomic mass is 19.1. The van der Waals surface area contributed by atoms with Crippen molar-refractivity contribution in [3.63, 3.8) is 0 Å². The number of nitrogens with zero attached hydrogens (tertiary/aromatic N) is 5. The first-order chi connectivity index (χ1) is 11.6. The Bertz CT molecular complexity index is 705. The first-order valence-corrected chi connectivity index (χ1v) is 8.50. The fourth-order valence-corrected chi connectivity index (χ4v) is 3.76. The molecular formula is C17H22FN5O. The van der Waals surface area contributed by atoms with Crippen LogP contribution in [0, 0.1) is 17.7 Å². The van der Waals surface area contributed by atoms with Crippen molar-refractivity contribution in [2.45, 2.75) is 26.3 Å². The second-order valence-corrected chi connectivity index (χ2v) is 7.13. The van der Waals surface area contributed by atoms with E-state index in [4.69, 9.17) is 4.52 Å². The topological polar surface area (TPSA) is 58.3 Å². The Morgan fingerprint density at radius 1 is 1.25 bits per heavy atom. The van der Waals surface area contributed by atoms with E-state index in [2.05, 4.69) is 38.8 Å². The summed E-state index contributed by atoms with van der Waals surface area (Å²) in [4.78, 5) is 13.1. The lowest BCUT2D eigenvalue weighted by Gasteiger charge is -2.21. The molecule has 2 aliphatic rings. The van der Waals surface area contributed by atoms with Gasteiger partial charge in [0.15, 0.2) is 17.5 Å². The van der Waals surface area contributed by atoms with Crippen LogP contribution in [0.25, 0.3) is 0 Å². The van der Waals surface area contributed by atoms with E-state index in [1.807, 2.05) is 0 Å². The van der Waals surface area contributed by atoms with Crippen LogP contribution in [0.15, 0.2) is 22.9 Å². The number of hydrogen-bond donors (Lipinski definition) is 0. The molecule has 24 heavy (non-hydrogen) atoms. The Kier molecular flexibility index (Phi) is 3.96. The lowest BCUT2D eigenvalue weighted by Crippen LogP contribution is -2.29. The van der Waals surface area contributed by atoms with E-state index >= 15 is 0 Å². The van der Waals surface area contributed by atoms with Gasteiger partial charge in [0.2, 0.25) is 5.89 Å². The van der Waals surface area contributed by atoms with Gasteiger partial charge in [-0.15, -0.1) is 0 Å². The van der Waals surface area contributed by atoms with Crippen LogP contribution < -0.4 is 4.90 Å². The van der Waals surface area contributed by atoms with E-state index in [9.17, 15) is 4.39 Å². The summed E-state index contributed by atoms with van der Waals surface area (Å²) < 4.78 is 19.3. The molecule has 128 valence electrons. The van der Waals surface area contributed by atoms with E-state index in [0.29, 0.717) is 30.1 Å². The van der Waals surface area contributed by atoms with Gasteiger partial charge in [0.1, 0.15) is 0 Å². The Balaban J connectivity index is 1.36. The zero-order chi connectivity index (χ0) is 16.7. The molecule has 0 N–H and O–H groups in total. The third-order valence-corrected chi connectivity index (χ3v) is 4.96. The molecule has 4 heterocycles. The molecule has 0 amide bonds. The van der Waals surface area contributed by atoms with E-state index in [0.717, 1.165) is 32.0 Å². The number of likely N-dealkylation sites (tertiary alicyclic amines) is 1. The van der Waals surface area contributed by atoms with Crippen molar-refractivity contribution < 1.29 is 8.91 Å². The first-order valence-electron chi connectivity index (χ1n) is 8.50. The average Bonchev–Trinajstić information content (AvgIpc) is 3.22. The maximum absolute atomic E-state index is 13.9. The Morgan fingerprint density at radius 3 is 2.62 bits per heavy atom.